The number of thiophene rings is 1. The van der Waals surface area contributed by atoms with Gasteiger partial charge in [-0.15, -0.1) is 11.3 Å². The number of carbonyl (C=O) groups excluding carboxylic acids is 1. The molecule has 0 bridgehead atoms. The Morgan fingerprint density at radius 2 is 2.54 bits per heavy atom. The third-order valence-electron chi connectivity index (χ3n) is 1.97. The first-order valence-corrected chi connectivity index (χ1v) is 5.28. The minimum atomic E-state index is 0.00414. The summed E-state index contributed by atoms with van der Waals surface area (Å²) in [5.41, 5.74) is 0. The van der Waals surface area contributed by atoms with Crippen molar-refractivity contribution in [3.63, 3.8) is 0 Å². The van der Waals surface area contributed by atoms with E-state index in [0.717, 1.165) is 23.0 Å². The Morgan fingerprint density at radius 3 is 3.08 bits per heavy atom. The molecular weight excluding hydrogens is 208 g/mol. The summed E-state index contributed by atoms with van der Waals surface area (Å²) >= 11 is 7.50. The zero-order valence-corrected chi connectivity index (χ0v) is 8.49. The van der Waals surface area contributed by atoms with Gasteiger partial charge in [0.15, 0.2) is 0 Å². The van der Waals surface area contributed by atoms with Crippen LogP contribution < -0.4 is 5.32 Å². The molecule has 1 aromatic heterocycles. The van der Waals surface area contributed by atoms with Crippen LogP contribution in [0, 0.1) is 0 Å². The summed E-state index contributed by atoms with van der Waals surface area (Å²) in [5.74, 6) is 0. The summed E-state index contributed by atoms with van der Waals surface area (Å²) in [7, 11) is 0. The molecule has 3 nitrogen and oxygen atoms in total. The fraction of sp³-hybridized carbons (Fsp3) is 0.375. The van der Waals surface area contributed by atoms with Gasteiger partial charge in [0, 0.05) is 18.0 Å². The molecule has 1 saturated heterocycles. The van der Waals surface area contributed by atoms with Gasteiger partial charge in [-0.25, -0.2) is 4.79 Å². The fourth-order valence-electron chi connectivity index (χ4n) is 1.27. The summed E-state index contributed by atoms with van der Waals surface area (Å²) in [6, 6.07) is 1.86. The lowest BCUT2D eigenvalue weighted by Gasteiger charge is -2.12. The Morgan fingerprint density at radius 1 is 1.69 bits per heavy atom. The summed E-state index contributed by atoms with van der Waals surface area (Å²) in [6.07, 6.45) is 0. The van der Waals surface area contributed by atoms with E-state index in [0.29, 0.717) is 6.54 Å². The Hall–Kier alpha value is -0.740. The van der Waals surface area contributed by atoms with E-state index in [2.05, 4.69) is 5.32 Å². The number of rotatable bonds is 2. The number of carbonyl (C=O) groups is 1. The van der Waals surface area contributed by atoms with Gasteiger partial charge in [0.1, 0.15) is 0 Å². The van der Waals surface area contributed by atoms with E-state index < -0.39 is 0 Å². The number of urea groups is 1. The van der Waals surface area contributed by atoms with E-state index in [1.165, 1.54) is 0 Å². The van der Waals surface area contributed by atoms with E-state index >= 15 is 0 Å². The molecule has 0 saturated carbocycles. The van der Waals surface area contributed by atoms with Crippen LogP contribution >= 0.6 is 22.9 Å². The second kappa shape index (κ2) is 3.55. The number of halogens is 1. The topological polar surface area (TPSA) is 32.3 Å². The highest BCUT2D eigenvalue weighted by Gasteiger charge is 2.20. The number of nitrogens with zero attached hydrogens (tertiary/aromatic N) is 1. The number of nitrogens with one attached hydrogen (secondary N) is 1. The molecule has 1 aromatic rings. The third kappa shape index (κ3) is 1.78. The molecule has 0 atom stereocenters. The van der Waals surface area contributed by atoms with Crippen LogP contribution in [0.4, 0.5) is 4.79 Å². The van der Waals surface area contributed by atoms with Gasteiger partial charge in [0.05, 0.1) is 11.6 Å². The molecule has 2 rings (SSSR count). The molecule has 0 unspecified atom stereocenters. The lowest BCUT2D eigenvalue weighted by molar-refractivity contribution is 0.216. The zero-order chi connectivity index (χ0) is 9.26. The van der Waals surface area contributed by atoms with Crippen LogP contribution in [0.15, 0.2) is 11.4 Å². The average Bonchev–Trinajstić information content (AvgIpc) is 2.65. The van der Waals surface area contributed by atoms with E-state index in [1.54, 1.807) is 16.2 Å². The van der Waals surface area contributed by atoms with Crippen molar-refractivity contribution in [3.8, 4) is 0 Å². The molecule has 13 heavy (non-hydrogen) atoms. The SMILES string of the molecule is O=C1NCCN1Cc1sccc1Cl. The van der Waals surface area contributed by atoms with E-state index in [1.807, 2.05) is 11.4 Å². The van der Waals surface area contributed by atoms with Crippen molar-refractivity contribution in [2.24, 2.45) is 0 Å². The van der Waals surface area contributed by atoms with Crippen molar-refractivity contribution in [3.05, 3.63) is 21.3 Å². The quantitative estimate of drug-likeness (QED) is 0.805. The van der Waals surface area contributed by atoms with Crippen molar-refractivity contribution in [1.82, 2.24) is 10.2 Å². The standard InChI is InChI=1S/C8H9ClN2OS/c9-6-1-4-13-7(6)5-11-3-2-10-8(11)12/h1,4H,2-3,5H2,(H,10,12). The molecule has 70 valence electrons. The molecule has 5 heteroatoms. The first-order chi connectivity index (χ1) is 6.27. The lowest BCUT2D eigenvalue weighted by atomic mass is 10.4. The molecule has 1 N–H and O–H groups in total. The van der Waals surface area contributed by atoms with Crippen molar-refractivity contribution in [2.45, 2.75) is 6.54 Å². The van der Waals surface area contributed by atoms with E-state index in [4.69, 9.17) is 11.6 Å². The molecule has 2 heterocycles. The predicted octanol–water partition coefficient (Wildman–Crippen LogP) is 1.93. The summed E-state index contributed by atoms with van der Waals surface area (Å²) in [4.78, 5) is 14.0. The first-order valence-electron chi connectivity index (χ1n) is 4.02. The van der Waals surface area contributed by atoms with Gasteiger partial charge >= 0.3 is 6.03 Å². The number of hydrogen-bond donors (Lipinski definition) is 1. The maximum atomic E-state index is 11.2. The maximum Gasteiger partial charge on any atom is 0.317 e. The van der Waals surface area contributed by atoms with Gasteiger partial charge in [-0.3, -0.25) is 0 Å². The third-order valence-corrected chi connectivity index (χ3v) is 3.34. The Bertz CT molecular complexity index is 326. The highest BCUT2D eigenvalue weighted by atomic mass is 35.5. The molecule has 2 amide bonds. The largest absolute Gasteiger partial charge is 0.336 e. The first kappa shape index (κ1) is 8.84. The van der Waals surface area contributed by atoms with Gasteiger partial charge in [0.25, 0.3) is 0 Å². The van der Waals surface area contributed by atoms with Crippen LogP contribution in [0.5, 0.6) is 0 Å². The predicted molar refractivity (Wildman–Crippen MR) is 53.1 cm³/mol. The monoisotopic (exact) mass is 216 g/mol. The van der Waals surface area contributed by atoms with Gasteiger partial charge in [-0.1, -0.05) is 11.6 Å². The molecule has 1 aliphatic rings. The van der Waals surface area contributed by atoms with Gasteiger partial charge in [-0.05, 0) is 11.4 Å². The molecular formula is C8H9ClN2OS. The molecule has 0 aliphatic carbocycles. The van der Waals surface area contributed by atoms with Gasteiger partial charge in [0.2, 0.25) is 0 Å². The van der Waals surface area contributed by atoms with Gasteiger partial charge < -0.3 is 10.2 Å². The normalized spacial score (nSPS) is 16.4. The maximum absolute atomic E-state index is 11.2. The molecule has 0 aromatic carbocycles. The molecule has 1 fully saturated rings. The lowest BCUT2D eigenvalue weighted by Crippen LogP contribution is -2.27. The zero-order valence-electron chi connectivity index (χ0n) is 6.92. The molecule has 1 aliphatic heterocycles. The smallest absolute Gasteiger partial charge is 0.317 e. The van der Waals surface area contributed by atoms with Crippen molar-refractivity contribution >= 4 is 29.0 Å². The van der Waals surface area contributed by atoms with Crippen molar-refractivity contribution in [1.29, 1.82) is 0 Å². The second-order valence-electron chi connectivity index (χ2n) is 2.85. The number of hydrogen-bond acceptors (Lipinski definition) is 2. The Labute approximate surface area is 85.3 Å². The Balaban J connectivity index is 2.06. The number of amides is 2. The highest BCUT2D eigenvalue weighted by Crippen LogP contribution is 2.23. The van der Waals surface area contributed by atoms with Crippen LogP contribution in [-0.2, 0) is 6.54 Å². The minimum Gasteiger partial charge on any atom is -0.336 e. The van der Waals surface area contributed by atoms with Crippen LogP contribution in [0.3, 0.4) is 0 Å². The minimum absolute atomic E-state index is 0.00414. The highest BCUT2D eigenvalue weighted by molar-refractivity contribution is 7.10. The van der Waals surface area contributed by atoms with Crippen molar-refractivity contribution < 1.29 is 4.79 Å². The second-order valence-corrected chi connectivity index (χ2v) is 4.25. The summed E-state index contributed by atoms with van der Waals surface area (Å²) in [6.45, 7) is 2.14. The van der Waals surface area contributed by atoms with E-state index in [-0.39, 0.29) is 6.03 Å². The summed E-state index contributed by atoms with van der Waals surface area (Å²) in [5, 5.41) is 5.44. The molecule has 0 spiro atoms. The van der Waals surface area contributed by atoms with Crippen molar-refractivity contribution in [2.75, 3.05) is 13.1 Å². The van der Waals surface area contributed by atoms with Crippen LogP contribution in [0.1, 0.15) is 4.88 Å². The average molecular weight is 217 g/mol. The fourth-order valence-corrected chi connectivity index (χ4v) is 2.38. The van der Waals surface area contributed by atoms with E-state index in [9.17, 15) is 4.79 Å². The van der Waals surface area contributed by atoms with Crippen LogP contribution in [0.25, 0.3) is 0 Å². The van der Waals surface area contributed by atoms with Crippen LogP contribution in [0.2, 0.25) is 5.02 Å². The Kier molecular flexibility index (Phi) is 2.42. The van der Waals surface area contributed by atoms with Crippen LogP contribution in [-0.4, -0.2) is 24.0 Å². The summed E-state index contributed by atoms with van der Waals surface area (Å²) < 4.78 is 0. The molecule has 0 radical (unpaired) electrons. The van der Waals surface area contributed by atoms with Gasteiger partial charge in [-0.2, -0.15) is 0 Å².